The molecule has 4 nitrogen and oxygen atoms in total. The van der Waals surface area contributed by atoms with Gasteiger partial charge in [-0.1, -0.05) is 0 Å². The topological polar surface area (TPSA) is 30.9 Å². The van der Waals surface area contributed by atoms with E-state index in [2.05, 4.69) is 32.4 Å². The van der Waals surface area contributed by atoms with Gasteiger partial charge in [0.05, 0.1) is 11.4 Å². The van der Waals surface area contributed by atoms with E-state index in [1.807, 2.05) is 12.2 Å². The number of benzene rings is 1. The Balaban J connectivity index is 1.56. The summed E-state index contributed by atoms with van der Waals surface area (Å²) in [7, 11) is 0. The SMILES string of the molecule is Fc1cc(F)cc(C2=CCN3C=C(N4CCNCC4)C=CC3=N2)c1. The van der Waals surface area contributed by atoms with Gasteiger partial charge in [-0.2, -0.15) is 0 Å². The third kappa shape index (κ3) is 2.97. The van der Waals surface area contributed by atoms with Gasteiger partial charge in [-0.25, -0.2) is 13.8 Å². The molecule has 0 unspecified atom stereocenters. The van der Waals surface area contributed by atoms with Gasteiger partial charge in [-0.05, 0) is 30.4 Å². The normalized spacial score (nSPS) is 20.3. The number of amidine groups is 1. The van der Waals surface area contributed by atoms with Crippen LogP contribution in [-0.2, 0) is 0 Å². The van der Waals surface area contributed by atoms with Crippen molar-refractivity contribution in [3.8, 4) is 0 Å². The first kappa shape index (κ1) is 15.1. The number of rotatable bonds is 2. The molecule has 4 rings (SSSR count). The van der Waals surface area contributed by atoms with Crippen LogP contribution in [0.1, 0.15) is 5.56 Å². The van der Waals surface area contributed by atoms with Crippen molar-refractivity contribution < 1.29 is 8.78 Å². The molecule has 124 valence electrons. The third-order valence-electron chi connectivity index (χ3n) is 4.34. The van der Waals surface area contributed by atoms with Crippen LogP contribution in [0.15, 0.2) is 53.3 Å². The number of nitrogens with zero attached hydrogens (tertiary/aromatic N) is 3. The molecule has 3 aliphatic heterocycles. The molecule has 0 saturated carbocycles. The Hall–Kier alpha value is -2.47. The van der Waals surface area contributed by atoms with Crippen LogP contribution in [0, 0.1) is 11.6 Å². The van der Waals surface area contributed by atoms with Crippen LogP contribution >= 0.6 is 0 Å². The number of piperazine rings is 1. The minimum atomic E-state index is -0.589. The van der Waals surface area contributed by atoms with Crippen molar-refractivity contribution in [2.75, 3.05) is 32.7 Å². The van der Waals surface area contributed by atoms with Crippen LogP contribution in [0.25, 0.3) is 5.70 Å². The molecule has 0 amide bonds. The zero-order chi connectivity index (χ0) is 16.5. The number of hydrogen-bond donors (Lipinski definition) is 1. The van der Waals surface area contributed by atoms with E-state index in [-0.39, 0.29) is 0 Å². The number of allylic oxidation sites excluding steroid dienone is 1. The molecule has 1 aromatic carbocycles. The second kappa shape index (κ2) is 6.20. The summed E-state index contributed by atoms with van der Waals surface area (Å²) in [5.74, 6) is -0.390. The van der Waals surface area contributed by atoms with E-state index >= 15 is 0 Å². The highest BCUT2D eigenvalue weighted by molar-refractivity contribution is 6.00. The van der Waals surface area contributed by atoms with Gasteiger partial charge in [-0.3, -0.25) is 0 Å². The maximum Gasteiger partial charge on any atom is 0.133 e. The van der Waals surface area contributed by atoms with Crippen molar-refractivity contribution >= 4 is 11.5 Å². The Morgan fingerprint density at radius 3 is 2.50 bits per heavy atom. The van der Waals surface area contributed by atoms with E-state index in [1.54, 1.807) is 0 Å². The summed E-state index contributed by atoms with van der Waals surface area (Å²) in [6.45, 7) is 4.58. The molecule has 6 heteroatoms. The molecule has 24 heavy (non-hydrogen) atoms. The third-order valence-corrected chi connectivity index (χ3v) is 4.34. The Morgan fingerprint density at radius 1 is 1.00 bits per heavy atom. The molecule has 0 atom stereocenters. The lowest BCUT2D eigenvalue weighted by Gasteiger charge is -2.34. The quantitative estimate of drug-likeness (QED) is 0.904. The molecule has 1 aromatic rings. The Bertz CT molecular complexity index is 753. The number of aliphatic imine (C=N–C) groups is 1. The first-order valence-corrected chi connectivity index (χ1v) is 8.06. The summed E-state index contributed by atoms with van der Waals surface area (Å²) in [5.41, 5.74) is 2.23. The molecule has 0 spiro atoms. The van der Waals surface area contributed by atoms with Crippen molar-refractivity contribution in [3.05, 3.63) is 65.5 Å². The van der Waals surface area contributed by atoms with Gasteiger partial charge >= 0.3 is 0 Å². The van der Waals surface area contributed by atoms with Crippen molar-refractivity contribution in [2.24, 2.45) is 4.99 Å². The van der Waals surface area contributed by atoms with Gasteiger partial charge in [-0.15, -0.1) is 0 Å². The molecule has 3 aliphatic rings. The minimum Gasteiger partial charge on any atom is -0.368 e. The number of nitrogens with one attached hydrogen (secondary N) is 1. The smallest absolute Gasteiger partial charge is 0.133 e. The summed E-state index contributed by atoms with van der Waals surface area (Å²) < 4.78 is 26.8. The summed E-state index contributed by atoms with van der Waals surface area (Å²) in [6.07, 6.45) is 7.99. The zero-order valence-electron chi connectivity index (χ0n) is 13.2. The van der Waals surface area contributed by atoms with Gasteiger partial charge < -0.3 is 15.1 Å². The summed E-state index contributed by atoms with van der Waals surface area (Å²) in [5, 5.41) is 3.34. The Morgan fingerprint density at radius 2 is 1.75 bits per heavy atom. The van der Waals surface area contributed by atoms with E-state index in [9.17, 15) is 8.78 Å². The van der Waals surface area contributed by atoms with Gasteiger partial charge in [0.1, 0.15) is 17.5 Å². The molecule has 0 bridgehead atoms. The molecule has 3 heterocycles. The fraction of sp³-hybridized carbons (Fsp3) is 0.278. The molecule has 0 aliphatic carbocycles. The molecule has 1 fully saturated rings. The van der Waals surface area contributed by atoms with Gasteiger partial charge in [0.2, 0.25) is 0 Å². The van der Waals surface area contributed by atoms with Crippen molar-refractivity contribution in [1.82, 2.24) is 15.1 Å². The molecular weight excluding hydrogens is 310 g/mol. The predicted molar refractivity (Wildman–Crippen MR) is 90.1 cm³/mol. The van der Waals surface area contributed by atoms with E-state index in [0.717, 1.165) is 38.1 Å². The van der Waals surface area contributed by atoms with Crippen molar-refractivity contribution in [2.45, 2.75) is 0 Å². The Kier molecular flexibility index (Phi) is 3.90. The zero-order valence-corrected chi connectivity index (χ0v) is 13.2. The van der Waals surface area contributed by atoms with Crippen LogP contribution in [0.2, 0.25) is 0 Å². The molecule has 0 radical (unpaired) electrons. The summed E-state index contributed by atoms with van der Waals surface area (Å²) in [4.78, 5) is 8.93. The van der Waals surface area contributed by atoms with Gasteiger partial charge in [0, 0.05) is 50.6 Å². The fourth-order valence-electron chi connectivity index (χ4n) is 3.12. The van der Waals surface area contributed by atoms with Gasteiger partial charge in [0.15, 0.2) is 0 Å². The lowest BCUT2D eigenvalue weighted by atomic mass is 10.1. The van der Waals surface area contributed by atoms with Gasteiger partial charge in [0.25, 0.3) is 0 Å². The van der Waals surface area contributed by atoms with Crippen LogP contribution < -0.4 is 5.32 Å². The standard InChI is InChI=1S/C18H18F2N4/c19-14-9-13(10-15(20)11-14)17-3-6-24-12-16(1-2-18(24)22-17)23-7-4-21-5-8-23/h1-3,9-12,21H,4-8H2. The average Bonchev–Trinajstić information content (AvgIpc) is 2.61. The predicted octanol–water partition coefficient (Wildman–Crippen LogP) is 2.34. The highest BCUT2D eigenvalue weighted by atomic mass is 19.1. The minimum absolute atomic E-state index is 0.463. The second-order valence-electron chi connectivity index (χ2n) is 5.99. The van der Waals surface area contributed by atoms with E-state index in [1.165, 1.54) is 17.8 Å². The summed E-state index contributed by atoms with van der Waals surface area (Å²) in [6, 6.07) is 3.49. The van der Waals surface area contributed by atoms with Crippen molar-refractivity contribution in [1.29, 1.82) is 0 Å². The maximum atomic E-state index is 13.4. The van der Waals surface area contributed by atoms with E-state index < -0.39 is 11.6 Å². The monoisotopic (exact) mass is 328 g/mol. The van der Waals surface area contributed by atoms with E-state index in [0.29, 0.717) is 17.8 Å². The molecule has 1 N–H and O–H groups in total. The van der Waals surface area contributed by atoms with Crippen LogP contribution in [0.4, 0.5) is 8.78 Å². The summed E-state index contributed by atoms with van der Waals surface area (Å²) >= 11 is 0. The first-order chi connectivity index (χ1) is 11.7. The highest BCUT2D eigenvalue weighted by Gasteiger charge is 2.20. The largest absolute Gasteiger partial charge is 0.368 e. The Labute approximate surface area is 139 Å². The number of halogens is 2. The van der Waals surface area contributed by atoms with Crippen molar-refractivity contribution in [3.63, 3.8) is 0 Å². The molecule has 0 aromatic heterocycles. The molecular formula is C18H18F2N4. The molecule has 1 saturated heterocycles. The average molecular weight is 328 g/mol. The number of hydrogen-bond acceptors (Lipinski definition) is 4. The lowest BCUT2D eigenvalue weighted by Crippen LogP contribution is -2.44. The van der Waals surface area contributed by atoms with Crippen LogP contribution in [0.3, 0.4) is 0 Å². The fourth-order valence-corrected chi connectivity index (χ4v) is 3.12. The first-order valence-electron chi connectivity index (χ1n) is 8.06. The van der Waals surface area contributed by atoms with Crippen LogP contribution in [-0.4, -0.2) is 48.4 Å². The van der Waals surface area contributed by atoms with E-state index in [4.69, 9.17) is 0 Å². The maximum absolute atomic E-state index is 13.4. The van der Waals surface area contributed by atoms with Crippen LogP contribution in [0.5, 0.6) is 0 Å². The second-order valence-corrected chi connectivity index (χ2v) is 5.99. The highest BCUT2D eigenvalue weighted by Crippen LogP contribution is 2.25. The lowest BCUT2D eigenvalue weighted by molar-refractivity contribution is 0.302. The number of fused-ring (bicyclic) bond motifs is 1.